The minimum absolute atomic E-state index is 0.852. The molecule has 0 aromatic rings. The van der Waals surface area contributed by atoms with Gasteiger partial charge in [0.25, 0.3) is 0 Å². The second-order valence-electron chi connectivity index (χ2n) is 6.48. The van der Waals surface area contributed by atoms with Crippen molar-refractivity contribution in [3.8, 4) is 0 Å². The van der Waals surface area contributed by atoms with Gasteiger partial charge in [0.05, 0.1) is 0 Å². The van der Waals surface area contributed by atoms with Gasteiger partial charge in [-0.2, -0.15) is 0 Å². The minimum Gasteiger partial charge on any atom is -0.312 e. The highest BCUT2D eigenvalue weighted by molar-refractivity contribution is 4.86. The van der Waals surface area contributed by atoms with Crippen LogP contribution in [0.3, 0.4) is 0 Å². The Balaban J connectivity index is 1.47. The Labute approximate surface area is 106 Å². The summed E-state index contributed by atoms with van der Waals surface area (Å²) in [5, 5.41) is 3.74. The molecule has 3 rings (SSSR count). The summed E-state index contributed by atoms with van der Waals surface area (Å²) < 4.78 is 0. The van der Waals surface area contributed by atoms with Crippen LogP contribution in [0, 0.1) is 5.92 Å². The zero-order valence-electron chi connectivity index (χ0n) is 11.2. The minimum atomic E-state index is 0.852. The Morgan fingerprint density at radius 3 is 2.41 bits per heavy atom. The third kappa shape index (κ3) is 3.45. The number of nitrogens with zero attached hydrogens (tertiary/aromatic N) is 1. The number of nitrogens with one attached hydrogen (secondary N) is 1. The summed E-state index contributed by atoms with van der Waals surface area (Å²) in [6, 6.07) is 1.73. The molecule has 0 aromatic heterocycles. The van der Waals surface area contributed by atoms with Gasteiger partial charge in [0.1, 0.15) is 0 Å². The smallest absolute Gasteiger partial charge is 0.0220 e. The van der Waals surface area contributed by atoms with Gasteiger partial charge in [-0.25, -0.2) is 0 Å². The summed E-state index contributed by atoms with van der Waals surface area (Å²) in [6.07, 6.45) is 13.2. The van der Waals surface area contributed by atoms with Gasteiger partial charge in [-0.1, -0.05) is 19.3 Å². The first-order valence-corrected chi connectivity index (χ1v) is 7.89. The number of hydrogen-bond acceptors (Lipinski definition) is 2. The van der Waals surface area contributed by atoms with Crippen LogP contribution in [-0.2, 0) is 0 Å². The first-order valence-electron chi connectivity index (χ1n) is 7.89. The fourth-order valence-corrected chi connectivity index (χ4v) is 3.65. The van der Waals surface area contributed by atoms with Crippen LogP contribution in [0.5, 0.6) is 0 Å². The maximum Gasteiger partial charge on any atom is 0.0220 e. The molecule has 98 valence electrons. The largest absolute Gasteiger partial charge is 0.312 e. The van der Waals surface area contributed by atoms with Crippen LogP contribution in [0.25, 0.3) is 0 Å². The van der Waals surface area contributed by atoms with Gasteiger partial charge in [-0.05, 0) is 51.0 Å². The van der Waals surface area contributed by atoms with Gasteiger partial charge in [-0.3, -0.25) is 4.90 Å². The van der Waals surface area contributed by atoms with Gasteiger partial charge in [0.2, 0.25) is 0 Å². The van der Waals surface area contributed by atoms with E-state index in [1.807, 2.05) is 0 Å². The summed E-state index contributed by atoms with van der Waals surface area (Å²) in [5.41, 5.74) is 0. The Bertz CT molecular complexity index is 231. The maximum atomic E-state index is 3.74. The quantitative estimate of drug-likeness (QED) is 0.789. The second kappa shape index (κ2) is 5.71. The highest BCUT2D eigenvalue weighted by Crippen LogP contribution is 2.28. The molecule has 0 bridgehead atoms. The van der Waals surface area contributed by atoms with Crippen molar-refractivity contribution in [2.24, 2.45) is 5.92 Å². The first kappa shape index (κ1) is 12.0. The molecule has 2 heteroatoms. The Hall–Kier alpha value is -0.0800. The molecule has 3 fully saturated rings. The number of rotatable bonds is 5. The molecule has 1 atom stereocenters. The van der Waals surface area contributed by atoms with Crippen molar-refractivity contribution in [1.29, 1.82) is 0 Å². The number of likely N-dealkylation sites (tertiary alicyclic amines) is 1. The molecule has 1 N–H and O–H groups in total. The molecule has 17 heavy (non-hydrogen) atoms. The molecular weight excluding hydrogens is 208 g/mol. The van der Waals surface area contributed by atoms with E-state index in [0.717, 1.165) is 18.0 Å². The molecule has 3 aliphatic rings. The van der Waals surface area contributed by atoms with Crippen LogP contribution in [0.2, 0.25) is 0 Å². The topological polar surface area (TPSA) is 15.3 Å². The lowest BCUT2D eigenvalue weighted by atomic mass is 9.99. The van der Waals surface area contributed by atoms with Crippen molar-refractivity contribution < 1.29 is 0 Å². The average molecular weight is 236 g/mol. The third-order valence-electron chi connectivity index (χ3n) is 4.94. The van der Waals surface area contributed by atoms with Crippen molar-refractivity contribution in [1.82, 2.24) is 10.2 Å². The van der Waals surface area contributed by atoms with Crippen LogP contribution >= 0.6 is 0 Å². The van der Waals surface area contributed by atoms with E-state index in [1.54, 1.807) is 0 Å². The summed E-state index contributed by atoms with van der Waals surface area (Å²) in [7, 11) is 0. The fraction of sp³-hybridized carbons (Fsp3) is 1.00. The van der Waals surface area contributed by atoms with Gasteiger partial charge < -0.3 is 5.32 Å². The van der Waals surface area contributed by atoms with E-state index in [1.165, 1.54) is 77.4 Å². The molecule has 2 nitrogen and oxygen atoms in total. The Kier molecular flexibility index (Phi) is 4.02. The molecular formula is C15H28N2. The van der Waals surface area contributed by atoms with Gasteiger partial charge in [-0.15, -0.1) is 0 Å². The van der Waals surface area contributed by atoms with Gasteiger partial charge in [0.15, 0.2) is 0 Å². The van der Waals surface area contributed by atoms with Crippen LogP contribution in [0.15, 0.2) is 0 Å². The van der Waals surface area contributed by atoms with E-state index in [2.05, 4.69) is 10.2 Å². The highest BCUT2D eigenvalue weighted by Gasteiger charge is 2.28. The normalized spacial score (nSPS) is 32.1. The lowest BCUT2D eigenvalue weighted by molar-refractivity contribution is 0.124. The van der Waals surface area contributed by atoms with Crippen LogP contribution < -0.4 is 5.32 Å². The number of hydrogen-bond donors (Lipinski definition) is 1. The molecule has 2 saturated carbocycles. The van der Waals surface area contributed by atoms with E-state index in [9.17, 15) is 0 Å². The second-order valence-corrected chi connectivity index (χ2v) is 6.48. The molecule has 2 aliphatic carbocycles. The lowest BCUT2D eigenvalue weighted by Gasteiger charge is -2.37. The fourth-order valence-electron chi connectivity index (χ4n) is 3.65. The molecule has 0 radical (unpaired) electrons. The highest BCUT2D eigenvalue weighted by atomic mass is 15.2. The molecule has 1 heterocycles. The van der Waals surface area contributed by atoms with Gasteiger partial charge in [0, 0.05) is 25.2 Å². The van der Waals surface area contributed by atoms with Crippen molar-refractivity contribution in [2.75, 3.05) is 19.6 Å². The van der Waals surface area contributed by atoms with E-state index in [0.29, 0.717) is 0 Å². The Morgan fingerprint density at radius 1 is 0.882 bits per heavy atom. The van der Waals surface area contributed by atoms with Gasteiger partial charge >= 0.3 is 0 Å². The molecule has 1 unspecified atom stereocenters. The number of piperidine rings is 1. The summed E-state index contributed by atoms with van der Waals surface area (Å²) in [4.78, 5) is 2.81. The Morgan fingerprint density at radius 2 is 1.65 bits per heavy atom. The first-order chi connectivity index (χ1) is 8.42. The standard InChI is InChI=1S/C15H28N2/c1-2-6-13(5-1)12-17-10-4-3-7-15(17)11-16-14-8-9-14/h13-16H,1-12H2. The molecule has 1 saturated heterocycles. The van der Waals surface area contributed by atoms with Crippen molar-refractivity contribution in [3.63, 3.8) is 0 Å². The third-order valence-corrected chi connectivity index (χ3v) is 4.94. The molecule has 0 aromatic carbocycles. The van der Waals surface area contributed by atoms with Crippen LogP contribution in [0.4, 0.5) is 0 Å². The summed E-state index contributed by atoms with van der Waals surface area (Å²) in [6.45, 7) is 4.03. The summed E-state index contributed by atoms with van der Waals surface area (Å²) in [5.74, 6) is 1.02. The SMILES string of the molecule is C1CCC(CN2CCCCC2CNC2CC2)C1. The summed E-state index contributed by atoms with van der Waals surface area (Å²) >= 11 is 0. The molecule has 0 spiro atoms. The average Bonchev–Trinajstić information content (AvgIpc) is 3.05. The zero-order chi connectivity index (χ0) is 11.5. The lowest BCUT2D eigenvalue weighted by Crippen LogP contribution is -2.47. The molecule has 0 amide bonds. The zero-order valence-corrected chi connectivity index (χ0v) is 11.2. The van der Waals surface area contributed by atoms with E-state index in [4.69, 9.17) is 0 Å². The molecule has 1 aliphatic heterocycles. The van der Waals surface area contributed by atoms with Crippen molar-refractivity contribution in [3.05, 3.63) is 0 Å². The predicted molar refractivity (Wildman–Crippen MR) is 72.2 cm³/mol. The van der Waals surface area contributed by atoms with Crippen LogP contribution in [-0.4, -0.2) is 36.6 Å². The predicted octanol–water partition coefficient (Wildman–Crippen LogP) is 2.78. The monoisotopic (exact) mass is 236 g/mol. The van der Waals surface area contributed by atoms with Crippen molar-refractivity contribution in [2.45, 2.75) is 69.9 Å². The van der Waals surface area contributed by atoms with E-state index >= 15 is 0 Å². The van der Waals surface area contributed by atoms with Crippen LogP contribution in [0.1, 0.15) is 57.8 Å². The van der Waals surface area contributed by atoms with E-state index < -0.39 is 0 Å². The van der Waals surface area contributed by atoms with E-state index in [-0.39, 0.29) is 0 Å². The maximum absolute atomic E-state index is 3.74. The van der Waals surface area contributed by atoms with Crippen molar-refractivity contribution >= 4 is 0 Å².